The molecule has 3 aromatic rings. The Morgan fingerprint density at radius 1 is 1.24 bits per heavy atom. The number of nitriles is 1. The van der Waals surface area contributed by atoms with Gasteiger partial charge in [0.2, 0.25) is 5.91 Å². The first-order chi connectivity index (χ1) is 18.0. The average Bonchev–Trinajstić information content (AvgIpc) is 3.27. The molecule has 1 atom stereocenters. The van der Waals surface area contributed by atoms with Gasteiger partial charge in [-0.3, -0.25) is 14.7 Å². The molecule has 1 unspecified atom stereocenters. The third-order valence-corrected chi connectivity index (χ3v) is 7.56. The number of hydrogen-bond acceptors (Lipinski definition) is 7. The number of rotatable bonds is 9. The largest absolute Gasteiger partial charge is 0.494 e. The van der Waals surface area contributed by atoms with Crippen LogP contribution < -0.4 is 15.0 Å². The number of thiophene rings is 1. The molecule has 192 valence electrons. The van der Waals surface area contributed by atoms with E-state index in [9.17, 15) is 14.9 Å². The highest BCUT2D eigenvalue weighted by molar-refractivity contribution is 7.16. The summed E-state index contributed by atoms with van der Waals surface area (Å²) in [5, 5.41) is 13.4. The lowest BCUT2D eigenvalue weighted by Gasteiger charge is -2.23. The van der Waals surface area contributed by atoms with Crippen LogP contribution in [0.15, 0.2) is 48.8 Å². The Morgan fingerprint density at radius 3 is 2.78 bits per heavy atom. The number of fused-ring (bicyclic) bond motifs is 1. The van der Waals surface area contributed by atoms with Crippen LogP contribution in [-0.4, -0.2) is 37.2 Å². The second-order valence-corrected chi connectivity index (χ2v) is 9.96. The summed E-state index contributed by atoms with van der Waals surface area (Å²) < 4.78 is 11.2. The van der Waals surface area contributed by atoms with Crippen molar-refractivity contribution in [2.75, 3.05) is 30.5 Å². The fraction of sp³-hybridized carbons (Fsp3) is 0.357. The van der Waals surface area contributed by atoms with Crippen molar-refractivity contribution < 1.29 is 19.1 Å². The zero-order chi connectivity index (χ0) is 26.2. The monoisotopic (exact) mass is 518 g/mol. The molecule has 0 saturated heterocycles. The number of carbonyl (C=O) groups excluding carboxylic acids is 2. The predicted octanol–water partition coefficient (Wildman–Crippen LogP) is 5.36. The fourth-order valence-electron chi connectivity index (χ4n) is 4.41. The number of nitrogens with one attached hydrogen (secondary N) is 1. The number of benzene rings is 1. The van der Waals surface area contributed by atoms with Gasteiger partial charge < -0.3 is 14.8 Å². The van der Waals surface area contributed by atoms with Gasteiger partial charge in [0.05, 0.1) is 18.8 Å². The van der Waals surface area contributed by atoms with Gasteiger partial charge in [0.15, 0.2) is 0 Å². The smallest absolute Gasteiger partial charge is 0.414 e. The Balaban J connectivity index is 1.34. The maximum absolute atomic E-state index is 12.7. The summed E-state index contributed by atoms with van der Waals surface area (Å²) in [5.41, 5.74) is 3.25. The number of carbonyl (C=O) groups is 2. The van der Waals surface area contributed by atoms with Crippen LogP contribution in [0.4, 0.5) is 15.5 Å². The molecule has 1 aliphatic rings. The molecule has 0 radical (unpaired) electrons. The maximum Gasteiger partial charge on any atom is 0.414 e. The number of nitrogens with zero attached hydrogens (tertiary/aromatic N) is 3. The molecule has 0 saturated carbocycles. The molecule has 2 amide bonds. The van der Waals surface area contributed by atoms with E-state index in [-0.39, 0.29) is 11.8 Å². The Hall–Kier alpha value is -3.90. The molecular formula is C28H30N4O4S. The van der Waals surface area contributed by atoms with Crippen LogP contribution in [0.5, 0.6) is 5.75 Å². The van der Waals surface area contributed by atoms with E-state index in [2.05, 4.69) is 16.4 Å². The highest BCUT2D eigenvalue weighted by Crippen LogP contribution is 2.39. The van der Waals surface area contributed by atoms with E-state index < -0.39 is 6.09 Å². The quantitative estimate of drug-likeness (QED) is 0.409. The van der Waals surface area contributed by atoms with Gasteiger partial charge in [0, 0.05) is 36.4 Å². The minimum atomic E-state index is -0.417. The van der Waals surface area contributed by atoms with E-state index >= 15 is 0 Å². The fourth-order valence-corrected chi connectivity index (χ4v) is 5.73. The number of anilines is 2. The summed E-state index contributed by atoms with van der Waals surface area (Å²) in [6, 6.07) is 13.5. The molecule has 1 aliphatic carbocycles. The minimum Gasteiger partial charge on any atom is -0.494 e. The van der Waals surface area contributed by atoms with Crippen LogP contribution in [0.1, 0.15) is 41.3 Å². The Labute approximate surface area is 220 Å². The van der Waals surface area contributed by atoms with E-state index in [1.807, 2.05) is 31.2 Å². The molecular weight excluding hydrogens is 488 g/mol. The van der Waals surface area contributed by atoms with Crippen LogP contribution in [-0.2, 0) is 28.8 Å². The molecule has 1 aromatic carbocycles. The summed E-state index contributed by atoms with van der Waals surface area (Å²) in [7, 11) is 1.67. The SMILES string of the molecule is CCOc1ccccc1CCC(=O)Nc1sc2c(c1C#N)CCC(COC(=O)N(C)c1ccncc1)C2. The lowest BCUT2D eigenvalue weighted by Crippen LogP contribution is -2.30. The van der Waals surface area contributed by atoms with Crippen molar-refractivity contribution in [1.82, 2.24) is 4.98 Å². The first kappa shape index (κ1) is 26.2. The molecule has 9 heteroatoms. The third-order valence-electron chi connectivity index (χ3n) is 6.39. The number of pyridine rings is 1. The van der Waals surface area contributed by atoms with Crippen LogP contribution in [0.2, 0.25) is 0 Å². The van der Waals surface area contributed by atoms with Crippen LogP contribution in [0, 0.1) is 17.2 Å². The van der Waals surface area contributed by atoms with E-state index in [4.69, 9.17) is 9.47 Å². The van der Waals surface area contributed by atoms with Gasteiger partial charge in [-0.1, -0.05) is 18.2 Å². The summed E-state index contributed by atoms with van der Waals surface area (Å²) in [6.07, 6.45) is 5.92. The second-order valence-electron chi connectivity index (χ2n) is 8.86. The first-order valence-electron chi connectivity index (χ1n) is 12.4. The number of para-hydroxylation sites is 1. The predicted molar refractivity (Wildman–Crippen MR) is 143 cm³/mol. The van der Waals surface area contributed by atoms with Gasteiger partial charge in [-0.2, -0.15) is 5.26 Å². The number of hydrogen-bond donors (Lipinski definition) is 1. The summed E-state index contributed by atoms with van der Waals surface area (Å²) in [6.45, 7) is 2.80. The molecule has 8 nitrogen and oxygen atoms in total. The number of amides is 2. The standard InChI is InChI=1S/C28H30N4O4S/c1-3-35-24-7-5-4-6-20(24)9-11-26(33)31-27-23(17-29)22-10-8-19(16-25(22)37-27)18-36-28(34)32(2)21-12-14-30-15-13-21/h4-7,12-15,19H,3,8-11,16,18H2,1-2H3,(H,31,33). The van der Waals surface area contributed by atoms with Crippen molar-refractivity contribution in [3.8, 4) is 11.8 Å². The molecule has 2 aromatic heterocycles. The molecule has 0 spiro atoms. The topological polar surface area (TPSA) is 105 Å². The van der Waals surface area contributed by atoms with E-state index in [0.29, 0.717) is 48.7 Å². The van der Waals surface area contributed by atoms with Gasteiger partial charge in [-0.15, -0.1) is 11.3 Å². The first-order valence-corrected chi connectivity index (χ1v) is 13.2. The Bertz CT molecular complexity index is 1290. The highest BCUT2D eigenvalue weighted by Gasteiger charge is 2.27. The average molecular weight is 519 g/mol. The zero-order valence-electron chi connectivity index (χ0n) is 21.0. The molecule has 37 heavy (non-hydrogen) atoms. The minimum absolute atomic E-state index is 0.133. The van der Waals surface area contributed by atoms with Crippen molar-refractivity contribution in [3.63, 3.8) is 0 Å². The van der Waals surface area contributed by atoms with Gasteiger partial charge in [0.1, 0.15) is 16.8 Å². The molecule has 4 rings (SSSR count). The summed E-state index contributed by atoms with van der Waals surface area (Å²) in [5.74, 6) is 0.818. The van der Waals surface area contributed by atoms with Crippen molar-refractivity contribution in [3.05, 3.63) is 70.4 Å². The molecule has 0 aliphatic heterocycles. The second kappa shape index (κ2) is 12.4. The zero-order valence-corrected chi connectivity index (χ0v) is 21.8. The lowest BCUT2D eigenvalue weighted by molar-refractivity contribution is -0.116. The Kier molecular flexibility index (Phi) is 8.75. The van der Waals surface area contributed by atoms with Gasteiger partial charge >= 0.3 is 6.09 Å². The number of ether oxygens (including phenoxy) is 2. The summed E-state index contributed by atoms with van der Waals surface area (Å²) in [4.78, 5) is 31.7. The molecule has 1 N–H and O–H groups in total. The molecule has 0 bridgehead atoms. The van der Waals surface area contributed by atoms with E-state index in [1.54, 1.807) is 31.6 Å². The third kappa shape index (κ3) is 6.46. The van der Waals surface area contributed by atoms with Crippen molar-refractivity contribution in [2.24, 2.45) is 5.92 Å². The van der Waals surface area contributed by atoms with Gasteiger partial charge in [-0.05, 0) is 67.9 Å². The molecule has 2 heterocycles. The summed E-state index contributed by atoms with van der Waals surface area (Å²) >= 11 is 1.45. The van der Waals surface area contributed by atoms with Gasteiger partial charge in [-0.25, -0.2) is 4.79 Å². The number of aromatic nitrogens is 1. The van der Waals surface area contributed by atoms with Crippen molar-refractivity contribution >= 4 is 34.0 Å². The van der Waals surface area contributed by atoms with Gasteiger partial charge in [0.25, 0.3) is 0 Å². The highest BCUT2D eigenvalue weighted by atomic mass is 32.1. The van der Waals surface area contributed by atoms with Crippen molar-refractivity contribution in [1.29, 1.82) is 5.26 Å². The maximum atomic E-state index is 12.7. The number of aryl methyl sites for hydroxylation is 1. The normalized spacial score (nSPS) is 14.2. The van der Waals surface area contributed by atoms with Crippen LogP contribution in [0.3, 0.4) is 0 Å². The van der Waals surface area contributed by atoms with E-state index in [0.717, 1.165) is 34.6 Å². The molecule has 0 fully saturated rings. The van der Waals surface area contributed by atoms with Crippen LogP contribution in [0.25, 0.3) is 0 Å². The van der Waals surface area contributed by atoms with Crippen LogP contribution >= 0.6 is 11.3 Å². The van der Waals surface area contributed by atoms with E-state index in [1.165, 1.54) is 16.2 Å². The lowest BCUT2D eigenvalue weighted by atomic mass is 9.88. The van der Waals surface area contributed by atoms with Crippen molar-refractivity contribution in [2.45, 2.75) is 39.0 Å². The Morgan fingerprint density at radius 2 is 2.03 bits per heavy atom.